The zero-order chi connectivity index (χ0) is 24.1. The SMILES string of the molecule is CC1CC(Oc2cc(NC(=O)Cc3ccc(C4=CCCN(C#N)C4)nc3)ncc2Cl)CCN1C. The first kappa shape index (κ1) is 24.0. The van der Waals surface area contributed by atoms with Crippen LogP contribution in [0.5, 0.6) is 5.75 Å². The number of carbonyl (C=O) groups excluding carboxylic acids is 1. The lowest BCUT2D eigenvalue weighted by Crippen LogP contribution is -2.41. The van der Waals surface area contributed by atoms with E-state index in [1.165, 1.54) is 6.20 Å². The van der Waals surface area contributed by atoms with Crippen molar-refractivity contribution in [2.75, 3.05) is 32.0 Å². The number of halogens is 1. The molecule has 1 amide bonds. The van der Waals surface area contributed by atoms with E-state index in [1.807, 2.05) is 12.1 Å². The number of hydrogen-bond acceptors (Lipinski definition) is 7. The third-order valence-electron chi connectivity index (χ3n) is 6.35. The van der Waals surface area contributed by atoms with E-state index in [0.717, 1.165) is 49.2 Å². The lowest BCUT2D eigenvalue weighted by atomic mass is 10.0. The minimum atomic E-state index is -0.198. The summed E-state index contributed by atoms with van der Waals surface area (Å²) in [4.78, 5) is 25.3. The first-order valence-corrected chi connectivity index (χ1v) is 11.9. The molecule has 2 aliphatic rings. The van der Waals surface area contributed by atoms with Crippen LogP contribution in [-0.2, 0) is 11.2 Å². The average molecular weight is 481 g/mol. The molecule has 0 spiro atoms. The molecule has 1 saturated heterocycles. The number of anilines is 1. The maximum absolute atomic E-state index is 12.6. The van der Waals surface area contributed by atoms with Crippen LogP contribution in [0.25, 0.3) is 5.57 Å². The minimum absolute atomic E-state index is 0.0822. The van der Waals surface area contributed by atoms with E-state index in [1.54, 1.807) is 17.2 Å². The molecule has 2 unspecified atom stereocenters. The molecule has 1 N–H and O–H groups in total. The summed E-state index contributed by atoms with van der Waals surface area (Å²) in [5.41, 5.74) is 2.65. The van der Waals surface area contributed by atoms with Gasteiger partial charge in [0.1, 0.15) is 22.7 Å². The zero-order valence-electron chi connectivity index (χ0n) is 19.5. The summed E-state index contributed by atoms with van der Waals surface area (Å²) in [7, 11) is 2.12. The number of hydrogen-bond donors (Lipinski definition) is 1. The van der Waals surface area contributed by atoms with Crippen molar-refractivity contribution in [1.82, 2.24) is 19.8 Å². The number of rotatable bonds is 6. The van der Waals surface area contributed by atoms with E-state index in [4.69, 9.17) is 21.6 Å². The Kier molecular flexibility index (Phi) is 7.66. The van der Waals surface area contributed by atoms with Gasteiger partial charge in [-0.1, -0.05) is 23.7 Å². The number of piperidine rings is 1. The second-order valence-electron chi connectivity index (χ2n) is 8.91. The predicted molar refractivity (Wildman–Crippen MR) is 131 cm³/mol. The summed E-state index contributed by atoms with van der Waals surface area (Å²) in [6.07, 6.45) is 10.4. The van der Waals surface area contributed by atoms with Gasteiger partial charge in [-0.3, -0.25) is 9.78 Å². The summed E-state index contributed by atoms with van der Waals surface area (Å²) in [6, 6.07) is 5.91. The topological polar surface area (TPSA) is 94.4 Å². The fourth-order valence-electron chi connectivity index (χ4n) is 4.22. The number of nitrogens with one attached hydrogen (secondary N) is 1. The van der Waals surface area contributed by atoms with E-state index < -0.39 is 0 Å². The highest BCUT2D eigenvalue weighted by Gasteiger charge is 2.25. The van der Waals surface area contributed by atoms with E-state index in [2.05, 4.69) is 46.4 Å². The molecule has 2 aromatic heterocycles. The average Bonchev–Trinajstić information content (AvgIpc) is 2.84. The number of aromatic nitrogens is 2. The van der Waals surface area contributed by atoms with E-state index in [0.29, 0.717) is 29.2 Å². The Morgan fingerprint density at radius 3 is 2.91 bits per heavy atom. The van der Waals surface area contributed by atoms with Gasteiger partial charge in [0.15, 0.2) is 6.19 Å². The van der Waals surface area contributed by atoms with Gasteiger partial charge < -0.3 is 19.9 Å². The number of likely N-dealkylation sites (tertiary alicyclic amines) is 1. The smallest absolute Gasteiger partial charge is 0.230 e. The summed E-state index contributed by atoms with van der Waals surface area (Å²) in [5, 5.41) is 12.4. The van der Waals surface area contributed by atoms with Crippen molar-refractivity contribution in [2.24, 2.45) is 0 Å². The maximum Gasteiger partial charge on any atom is 0.230 e. The summed E-state index contributed by atoms with van der Waals surface area (Å²) >= 11 is 6.30. The van der Waals surface area contributed by atoms with Gasteiger partial charge in [-0.05, 0) is 50.4 Å². The first-order chi connectivity index (χ1) is 16.4. The standard InChI is InChI=1S/C25H29ClN6O2/c1-17-10-20(7-9-31(17)2)34-23-12-24(29-14-21(23)26)30-25(33)11-18-5-6-22(28-13-18)19-4-3-8-32(15-19)16-27/h4-6,12-14,17,20H,3,7-11,15H2,1-2H3,(H,29,30,33). The number of pyridine rings is 2. The van der Waals surface area contributed by atoms with Crippen LogP contribution in [0.3, 0.4) is 0 Å². The molecule has 2 aliphatic heterocycles. The van der Waals surface area contributed by atoms with Crippen molar-refractivity contribution in [1.29, 1.82) is 5.26 Å². The molecule has 4 rings (SSSR count). The molecule has 0 radical (unpaired) electrons. The van der Waals surface area contributed by atoms with E-state index >= 15 is 0 Å². The van der Waals surface area contributed by atoms with Crippen molar-refractivity contribution in [3.63, 3.8) is 0 Å². The van der Waals surface area contributed by atoms with Gasteiger partial charge in [0, 0.05) is 31.4 Å². The third-order valence-corrected chi connectivity index (χ3v) is 6.64. The number of amides is 1. The molecule has 0 aliphatic carbocycles. The highest BCUT2D eigenvalue weighted by atomic mass is 35.5. The fraction of sp³-hybridized carbons (Fsp3) is 0.440. The molecule has 9 heteroatoms. The Labute approximate surface area is 205 Å². The van der Waals surface area contributed by atoms with Gasteiger partial charge >= 0.3 is 0 Å². The molecule has 2 atom stereocenters. The molecular weight excluding hydrogens is 452 g/mol. The Balaban J connectivity index is 1.34. The fourth-order valence-corrected chi connectivity index (χ4v) is 4.37. The molecule has 178 valence electrons. The van der Waals surface area contributed by atoms with Gasteiger partial charge in [0.2, 0.25) is 5.91 Å². The minimum Gasteiger partial charge on any atom is -0.489 e. The Bertz CT molecular complexity index is 1100. The predicted octanol–water partition coefficient (Wildman–Crippen LogP) is 3.74. The Morgan fingerprint density at radius 2 is 2.18 bits per heavy atom. The van der Waals surface area contributed by atoms with Gasteiger partial charge in [0.25, 0.3) is 0 Å². The van der Waals surface area contributed by atoms with Crippen LogP contribution >= 0.6 is 11.6 Å². The van der Waals surface area contributed by atoms with Gasteiger partial charge in [-0.15, -0.1) is 0 Å². The van der Waals surface area contributed by atoms with Crippen LogP contribution < -0.4 is 10.1 Å². The van der Waals surface area contributed by atoms with Gasteiger partial charge in [-0.2, -0.15) is 5.26 Å². The summed E-state index contributed by atoms with van der Waals surface area (Å²) in [5.74, 6) is 0.738. The van der Waals surface area contributed by atoms with Crippen LogP contribution in [0.1, 0.15) is 37.4 Å². The summed E-state index contributed by atoms with van der Waals surface area (Å²) < 4.78 is 6.14. The van der Waals surface area contributed by atoms with E-state index in [-0.39, 0.29) is 18.4 Å². The molecule has 1 fully saturated rings. The molecule has 34 heavy (non-hydrogen) atoms. The van der Waals surface area contributed by atoms with Crippen molar-refractivity contribution >= 4 is 28.9 Å². The quantitative estimate of drug-likeness (QED) is 0.629. The molecular formula is C25H29ClN6O2. The molecule has 2 aromatic rings. The van der Waals surface area contributed by atoms with Crippen molar-refractivity contribution in [3.05, 3.63) is 52.9 Å². The Morgan fingerprint density at radius 1 is 1.32 bits per heavy atom. The largest absolute Gasteiger partial charge is 0.489 e. The van der Waals surface area contributed by atoms with E-state index in [9.17, 15) is 4.79 Å². The first-order valence-electron chi connectivity index (χ1n) is 11.5. The molecule has 0 aromatic carbocycles. The van der Waals surface area contributed by atoms with Crippen LogP contribution in [0.15, 0.2) is 36.7 Å². The van der Waals surface area contributed by atoms with Crippen molar-refractivity contribution < 1.29 is 9.53 Å². The van der Waals surface area contributed by atoms with Crippen LogP contribution in [0.4, 0.5) is 5.82 Å². The van der Waals surface area contributed by atoms with Gasteiger partial charge in [-0.25, -0.2) is 4.98 Å². The Hall–Kier alpha value is -3.15. The highest BCUT2D eigenvalue weighted by molar-refractivity contribution is 6.32. The lowest BCUT2D eigenvalue weighted by molar-refractivity contribution is -0.115. The second kappa shape index (κ2) is 10.9. The highest BCUT2D eigenvalue weighted by Crippen LogP contribution is 2.30. The van der Waals surface area contributed by atoms with Crippen LogP contribution in [0, 0.1) is 11.5 Å². The normalized spacial score (nSPS) is 20.9. The zero-order valence-corrected chi connectivity index (χ0v) is 20.3. The number of carbonyl (C=O) groups is 1. The molecule has 4 heterocycles. The van der Waals surface area contributed by atoms with Gasteiger partial charge in [0.05, 0.1) is 24.9 Å². The molecule has 0 bridgehead atoms. The molecule has 0 saturated carbocycles. The number of nitrogens with zero attached hydrogens (tertiary/aromatic N) is 5. The lowest BCUT2D eigenvalue weighted by Gasteiger charge is -2.35. The summed E-state index contributed by atoms with van der Waals surface area (Å²) in [6.45, 7) is 4.45. The molecule has 8 nitrogen and oxygen atoms in total. The number of ether oxygens (including phenoxy) is 1. The van der Waals surface area contributed by atoms with Crippen molar-refractivity contribution in [3.8, 4) is 11.9 Å². The maximum atomic E-state index is 12.6. The van der Waals surface area contributed by atoms with Crippen LogP contribution in [-0.4, -0.2) is 64.5 Å². The van der Waals surface area contributed by atoms with Crippen molar-refractivity contribution in [2.45, 2.75) is 44.8 Å². The second-order valence-corrected chi connectivity index (χ2v) is 9.32. The third kappa shape index (κ3) is 6.04. The van der Waals surface area contributed by atoms with Crippen LogP contribution in [0.2, 0.25) is 5.02 Å². The number of nitriles is 1. The monoisotopic (exact) mass is 480 g/mol.